The largest absolute Gasteiger partial charge is 0.427 e. The van der Waals surface area contributed by atoms with E-state index in [0.29, 0.717) is 31.6 Å². The van der Waals surface area contributed by atoms with Crippen LogP contribution < -0.4 is 4.74 Å². The van der Waals surface area contributed by atoms with E-state index < -0.39 is 6.10 Å². The fourth-order valence-electron chi connectivity index (χ4n) is 4.88. The molecule has 1 heterocycles. The maximum atomic E-state index is 12.4. The van der Waals surface area contributed by atoms with Gasteiger partial charge in [-0.15, -0.1) is 0 Å². The number of aliphatic hydroxyl groups excluding tert-OH is 1. The molecule has 1 fully saturated rings. The van der Waals surface area contributed by atoms with Crippen LogP contribution in [0.3, 0.4) is 0 Å². The number of nitrogens with zero attached hydrogens (tertiary/aromatic N) is 1. The average Bonchev–Trinajstić information content (AvgIpc) is 3.29. The molecule has 3 aromatic carbocycles. The first-order valence-corrected chi connectivity index (χ1v) is 13.6. The molecular weight excluding hydrogens is 474 g/mol. The van der Waals surface area contributed by atoms with Crippen molar-refractivity contribution in [1.82, 2.24) is 4.90 Å². The molecule has 0 spiro atoms. The Morgan fingerprint density at radius 1 is 0.921 bits per heavy atom. The van der Waals surface area contributed by atoms with Gasteiger partial charge in [0.2, 0.25) is 5.91 Å². The summed E-state index contributed by atoms with van der Waals surface area (Å²) in [4.78, 5) is 26.6. The summed E-state index contributed by atoms with van der Waals surface area (Å²) in [5.74, 6) is 0.527. The van der Waals surface area contributed by atoms with Crippen LogP contribution in [0.15, 0.2) is 97.1 Å². The highest BCUT2D eigenvalue weighted by atomic mass is 16.5. The number of carbonyl (C=O) groups excluding carboxylic acids is 2. The number of carbonyl (C=O) groups is 2. The van der Waals surface area contributed by atoms with Crippen LogP contribution in [0.25, 0.3) is 11.1 Å². The fourth-order valence-corrected chi connectivity index (χ4v) is 4.88. The summed E-state index contributed by atoms with van der Waals surface area (Å²) >= 11 is 0. The summed E-state index contributed by atoms with van der Waals surface area (Å²) in [7, 11) is 0. The number of aliphatic hydroxyl groups is 1. The second-order valence-corrected chi connectivity index (χ2v) is 9.87. The third-order valence-electron chi connectivity index (χ3n) is 6.92. The normalized spacial score (nSPS) is 16.2. The minimum absolute atomic E-state index is 0.0505. The lowest BCUT2D eigenvalue weighted by Gasteiger charge is -2.22. The third kappa shape index (κ3) is 8.42. The maximum absolute atomic E-state index is 12.4. The molecule has 4 rings (SSSR count). The molecule has 0 bridgehead atoms. The van der Waals surface area contributed by atoms with Gasteiger partial charge in [-0.25, -0.2) is 0 Å². The van der Waals surface area contributed by atoms with Gasteiger partial charge in [0.05, 0.1) is 12.1 Å². The Morgan fingerprint density at radius 2 is 1.63 bits per heavy atom. The topological polar surface area (TPSA) is 66.8 Å². The molecule has 1 amide bonds. The van der Waals surface area contributed by atoms with E-state index in [9.17, 15) is 14.7 Å². The SMILES string of the molecule is O=C(CCCCCCN1C(=O)CC[C@@H]1C=C[C@@H](O)Cc1ccccc1)Oc1cccc(-c2ccccc2)c1. The highest BCUT2D eigenvalue weighted by molar-refractivity contribution is 5.79. The van der Waals surface area contributed by atoms with Crippen LogP contribution >= 0.6 is 0 Å². The van der Waals surface area contributed by atoms with E-state index in [1.165, 1.54) is 0 Å². The number of ether oxygens (including phenoxy) is 1. The molecule has 1 aliphatic heterocycles. The van der Waals surface area contributed by atoms with E-state index in [4.69, 9.17) is 4.74 Å². The minimum atomic E-state index is -0.560. The summed E-state index contributed by atoms with van der Waals surface area (Å²) in [5.41, 5.74) is 3.20. The molecule has 2 atom stereocenters. The van der Waals surface area contributed by atoms with Gasteiger partial charge in [0.1, 0.15) is 5.75 Å². The van der Waals surface area contributed by atoms with E-state index in [-0.39, 0.29) is 17.9 Å². The molecule has 5 nitrogen and oxygen atoms in total. The second kappa shape index (κ2) is 14.3. The summed E-state index contributed by atoms with van der Waals surface area (Å²) in [6.07, 6.45) is 9.08. The van der Waals surface area contributed by atoms with Crippen molar-refractivity contribution in [1.29, 1.82) is 0 Å². The zero-order valence-electron chi connectivity index (χ0n) is 21.9. The van der Waals surface area contributed by atoms with Crippen molar-refractivity contribution in [3.63, 3.8) is 0 Å². The van der Waals surface area contributed by atoms with Crippen molar-refractivity contribution in [2.75, 3.05) is 6.54 Å². The van der Waals surface area contributed by atoms with Gasteiger partial charge in [0, 0.05) is 25.8 Å². The standard InChI is InChI=1S/C33H37NO4/c35-30(24-26-12-5-3-6-13-26)21-19-29-20-22-32(36)34(29)23-10-2-1-9-18-33(37)38-31-17-11-16-28(25-31)27-14-7-4-8-15-27/h3-8,11-17,19,21,25,29-30,35H,1-2,9-10,18,20,22-24H2/t29-,30+/m0/s1. The lowest BCUT2D eigenvalue weighted by molar-refractivity contribution is -0.134. The molecular formula is C33H37NO4. The molecule has 0 radical (unpaired) electrons. The summed E-state index contributed by atoms with van der Waals surface area (Å²) in [6.45, 7) is 0.708. The molecule has 0 aromatic heterocycles. The number of benzene rings is 3. The van der Waals surface area contributed by atoms with E-state index in [1.54, 1.807) is 0 Å². The highest BCUT2D eigenvalue weighted by Gasteiger charge is 2.28. The van der Waals surface area contributed by atoms with Gasteiger partial charge in [-0.1, -0.05) is 97.8 Å². The Labute approximate surface area is 225 Å². The summed E-state index contributed by atoms with van der Waals surface area (Å²) in [6, 6.07) is 27.6. The Morgan fingerprint density at radius 3 is 2.42 bits per heavy atom. The molecule has 1 aliphatic rings. The van der Waals surface area contributed by atoms with Gasteiger partial charge < -0.3 is 14.7 Å². The van der Waals surface area contributed by atoms with Crippen molar-refractivity contribution in [3.05, 3.63) is 103 Å². The molecule has 3 aromatic rings. The Bertz CT molecular complexity index is 1190. The molecule has 198 valence electrons. The van der Waals surface area contributed by atoms with E-state index in [0.717, 1.165) is 48.8 Å². The van der Waals surface area contributed by atoms with Crippen LogP contribution in [0.1, 0.15) is 50.5 Å². The minimum Gasteiger partial charge on any atom is -0.427 e. The van der Waals surface area contributed by atoms with Crippen LogP contribution in [0.2, 0.25) is 0 Å². The first kappa shape index (κ1) is 27.3. The molecule has 1 N–H and O–H groups in total. The number of hydrogen-bond donors (Lipinski definition) is 1. The fraction of sp³-hybridized carbons (Fsp3) is 0.333. The van der Waals surface area contributed by atoms with Gasteiger partial charge in [-0.2, -0.15) is 0 Å². The van der Waals surface area contributed by atoms with Crippen LogP contribution in [0.5, 0.6) is 5.75 Å². The predicted molar refractivity (Wildman–Crippen MR) is 151 cm³/mol. The van der Waals surface area contributed by atoms with Crippen LogP contribution in [0, 0.1) is 0 Å². The van der Waals surface area contributed by atoms with Gasteiger partial charge >= 0.3 is 5.97 Å². The van der Waals surface area contributed by atoms with Crippen molar-refractivity contribution in [3.8, 4) is 16.9 Å². The maximum Gasteiger partial charge on any atom is 0.311 e. The Balaban J connectivity index is 1.13. The van der Waals surface area contributed by atoms with Crippen molar-refractivity contribution < 1.29 is 19.4 Å². The summed E-state index contributed by atoms with van der Waals surface area (Å²) < 4.78 is 5.56. The van der Waals surface area contributed by atoms with Crippen LogP contribution in [0.4, 0.5) is 0 Å². The number of rotatable bonds is 13. The van der Waals surface area contributed by atoms with Gasteiger partial charge in [-0.05, 0) is 48.1 Å². The molecule has 0 saturated carbocycles. The quantitative estimate of drug-likeness (QED) is 0.125. The van der Waals surface area contributed by atoms with Gasteiger partial charge in [-0.3, -0.25) is 9.59 Å². The first-order chi connectivity index (χ1) is 18.6. The Kier molecular flexibility index (Phi) is 10.3. The van der Waals surface area contributed by atoms with Gasteiger partial charge in [0.25, 0.3) is 0 Å². The van der Waals surface area contributed by atoms with Crippen molar-refractivity contribution in [2.24, 2.45) is 0 Å². The van der Waals surface area contributed by atoms with Crippen LogP contribution in [-0.2, 0) is 16.0 Å². The number of esters is 1. The molecule has 5 heteroatoms. The number of hydrogen-bond acceptors (Lipinski definition) is 4. The van der Waals surface area contributed by atoms with Gasteiger partial charge in [0.15, 0.2) is 0 Å². The van der Waals surface area contributed by atoms with Crippen molar-refractivity contribution >= 4 is 11.9 Å². The number of likely N-dealkylation sites (tertiary alicyclic amines) is 1. The molecule has 1 saturated heterocycles. The third-order valence-corrected chi connectivity index (χ3v) is 6.92. The second-order valence-electron chi connectivity index (χ2n) is 9.87. The predicted octanol–water partition coefficient (Wildman–Crippen LogP) is 6.36. The van der Waals surface area contributed by atoms with Crippen molar-refractivity contribution in [2.45, 2.75) is 63.5 Å². The molecule has 0 unspecified atom stereocenters. The zero-order valence-corrected chi connectivity index (χ0v) is 21.9. The lowest BCUT2D eigenvalue weighted by atomic mass is 10.1. The first-order valence-electron chi connectivity index (χ1n) is 13.6. The lowest BCUT2D eigenvalue weighted by Crippen LogP contribution is -2.32. The van der Waals surface area contributed by atoms with E-state index >= 15 is 0 Å². The van der Waals surface area contributed by atoms with E-state index in [1.807, 2.05) is 102 Å². The monoisotopic (exact) mass is 511 g/mol. The summed E-state index contributed by atoms with van der Waals surface area (Å²) in [5, 5.41) is 10.4. The Hall–Kier alpha value is -3.70. The molecule has 0 aliphatic carbocycles. The average molecular weight is 512 g/mol. The number of unbranched alkanes of at least 4 members (excludes halogenated alkanes) is 3. The molecule has 38 heavy (non-hydrogen) atoms. The highest BCUT2D eigenvalue weighted by Crippen LogP contribution is 2.24. The zero-order chi connectivity index (χ0) is 26.6. The van der Waals surface area contributed by atoms with Crippen LogP contribution in [-0.4, -0.2) is 40.6 Å². The smallest absolute Gasteiger partial charge is 0.311 e. The number of amides is 1. The van der Waals surface area contributed by atoms with E-state index in [2.05, 4.69) is 0 Å².